The molecular weight excluding hydrogens is 304 g/mol. The van der Waals surface area contributed by atoms with Gasteiger partial charge in [0.25, 0.3) is 0 Å². The zero-order valence-electron chi connectivity index (χ0n) is 10.5. The average molecular weight is 311 g/mol. The standard InChI is InChI=1S/C11H7ClN4O5/c1-6-2-3-8(7(4-6)15(17)18)21-11-9(16(19)20)10(12)13-5-14-11/h2-5H,1H3. The molecule has 1 heterocycles. The molecule has 1 aromatic carbocycles. The van der Waals surface area contributed by atoms with Gasteiger partial charge in [-0.1, -0.05) is 17.7 Å². The zero-order valence-corrected chi connectivity index (χ0v) is 11.3. The molecular formula is C11H7ClN4O5. The number of aryl methyl sites for hydroxylation is 1. The summed E-state index contributed by atoms with van der Waals surface area (Å²) in [5.74, 6) is -0.643. The molecule has 0 saturated heterocycles. The van der Waals surface area contributed by atoms with Crippen LogP contribution in [0.3, 0.4) is 0 Å². The van der Waals surface area contributed by atoms with Crippen LogP contribution in [0.15, 0.2) is 24.5 Å². The lowest BCUT2D eigenvalue weighted by Crippen LogP contribution is -2.00. The van der Waals surface area contributed by atoms with Crippen molar-refractivity contribution >= 4 is 23.0 Å². The molecule has 1 aromatic heterocycles. The summed E-state index contributed by atoms with van der Waals surface area (Å²) in [5, 5.41) is 21.5. The lowest BCUT2D eigenvalue weighted by atomic mass is 10.2. The average Bonchev–Trinajstić information content (AvgIpc) is 2.40. The van der Waals surface area contributed by atoms with Gasteiger partial charge in [-0.2, -0.15) is 4.98 Å². The highest BCUT2D eigenvalue weighted by Crippen LogP contribution is 2.37. The Hall–Kier alpha value is -2.81. The van der Waals surface area contributed by atoms with Crippen LogP contribution in [-0.4, -0.2) is 19.8 Å². The Balaban J connectivity index is 2.51. The van der Waals surface area contributed by atoms with Gasteiger partial charge >= 0.3 is 17.3 Å². The van der Waals surface area contributed by atoms with Gasteiger partial charge in [-0.3, -0.25) is 20.2 Å². The second kappa shape index (κ2) is 5.67. The molecule has 0 radical (unpaired) electrons. The molecule has 10 heteroatoms. The van der Waals surface area contributed by atoms with E-state index in [1.807, 2.05) is 0 Å². The van der Waals surface area contributed by atoms with Crippen molar-refractivity contribution in [3.63, 3.8) is 0 Å². The molecule has 2 rings (SSSR count). The molecule has 108 valence electrons. The van der Waals surface area contributed by atoms with E-state index in [2.05, 4.69) is 9.97 Å². The highest BCUT2D eigenvalue weighted by Gasteiger charge is 2.26. The number of rotatable bonds is 4. The van der Waals surface area contributed by atoms with E-state index in [1.165, 1.54) is 12.1 Å². The largest absolute Gasteiger partial charge is 0.426 e. The summed E-state index contributed by atoms with van der Waals surface area (Å²) in [6, 6.07) is 4.17. The maximum Gasteiger partial charge on any atom is 0.368 e. The van der Waals surface area contributed by atoms with Crippen LogP contribution in [0.25, 0.3) is 0 Å². The fourth-order valence-corrected chi connectivity index (χ4v) is 1.72. The van der Waals surface area contributed by atoms with Gasteiger partial charge in [0.15, 0.2) is 0 Å². The fraction of sp³-hybridized carbons (Fsp3) is 0.0909. The third-order valence-electron chi connectivity index (χ3n) is 2.44. The summed E-state index contributed by atoms with van der Waals surface area (Å²) in [6.07, 6.45) is 0.963. The molecule has 0 spiro atoms. The second-order valence-corrected chi connectivity index (χ2v) is 4.26. The molecule has 0 saturated carbocycles. The molecule has 21 heavy (non-hydrogen) atoms. The Morgan fingerprint density at radius 3 is 2.52 bits per heavy atom. The predicted molar refractivity (Wildman–Crippen MR) is 71.6 cm³/mol. The highest BCUT2D eigenvalue weighted by atomic mass is 35.5. The van der Waals surface area contributed by atoms with Gasteiger partial charge in [0.1, 0.15) is 6.33 Å². The molecule has 0 atom stereocenters. The van der Waals surface area contributed by atoms with Crippen molar-refractivity contribution in [2.75, 3.05) is 0 Å². The van der Waals surface area contributed by atoms with Crippen LogP contribution in [0.5, 0.6) is 11.6 Å². The second-order valence-electron chi connectivity index (χ2n) is 3.91. The van der Waals surface area contributed by atoms with Crippen LogP contribution in [-0.2, 0) is 0 Å². The third kappa shape index (κ3) is 3.03. The van der Waals surface area contributed by atoms with Gasteiger partial charge in [0, 0.05) is 6.07 Å². The normalized spacial score (nSPS) is 10.2. The van der Waals surface area contributed by atoms with Crippen LogP contribution < -0.4 is 4.74 Å². The van der Waals surface area contributed by atoms with E-state index in [-0.39, 0.29) is 11.4 Å². The number of halogens is 1. The quantitative estimate of drug-likeness (QED) is 0.483. The Kier molecular flexibility index (Phi) is 3.94. The van der Waals surface area contributed by atoms with Crippen LogP contribution >= 0.6 is 11.6 Å². The monoisotopic (exact) mass is 310 g/mol. The van der Waals surface area contributed by atoms with E-state index in [0.29, 0.717) is 5.56 Å². The minimum absolute atomic E-state index is 0.177. The number of nitrogens with zero attached hydrogens (tertiary/aromatic N) is 4. The van der Waals surface area contributed by atoms with Gasteiger partial charge in [0.2, 0.25) is 10.9 Å². The molecule has 0 fully saturated rings. The summed E-state index contributed by atoms with van der Waals surface area (Å²) in [4.78, 5) is 27.5. The highest BCUT2D eigenvalue weighted by molar-refractivity contribution is 6.31. The number of hydrogen-bond donors (Lipinski definition) is 0. The van der Waals surface area contributed by atoms with Gasteiger partial charge in [-0.05, 0) is 18.6 Å². The lowest BCUT2D eigenvalue weighted by Gasteiger charge is -2.06. The number of aromatic nitrogens is 2. The van der Waals surface area contributed by atoms with E-state index in [1.54, 1.807) is 13.0 Å². The van der Waals surface area contributed by atoms with E-state index in [0.717, 1.165) is 6.33 Å². The number of nitro groups is 2. The van der Waals surface area contributed by atoms with E-state index >= 15 is 0 Å². The van der Waals surface area contributed by atoms with Crippen molar-refractivity contribution in [3.8, 4) is 11.6 Å². The Labute approximate surface area is 122 Å². The summed E-state index contributed by atoms with van der Waals surface area (Å²) in [5.41, 5.74) is -0.350. The smallest absolute Gasteiger partial charge is 0.368 e. The molecule has 0 amide bonds. The Bertz CT molecular complexity index is 737. The topological polar surface area (TPSA) is 121 Å². The molecule has 2 aromatic rings. The number of nitro benzene ring substituents is 1. The van der Waals surface area contributed by atoms with Crippen molar-refractivity contribution in [1.82, 2.24) is 9.97 Å². The van der Waals surface area contributed by atoms with Crippen LogP contribution in [0.1, 0.15) is 5.56 Å². The first-order valence-corrected chi connectivity index (χ1v) is 5.85. The first-order chi connectivity index (χ1) is 9.90. The summed E-state index contributed by atoms with van der Waals surface area (Å²) < 4.78 is 5.18. The molecule has 0 N–H and O–H groups in total. The third-order valence-corrected chi connectivity index (χ3v) is 2.72. The number of hydrogen-bond acceptors (Lipinski definition) is 7. The van der Waals surface area contributed by atoms with Gasteiger partial charge in [0.05, 0.1) is 9.85 Å². The molecule has 0 bridgehead atoms. The molecule has 0 unspecified atom stereocenters. The van der Waals surface area contributed by atoms with Crippen molar-refractivity contribution < 1.29 is 14.6 Å². The number of benzene rings is 1. The van der Waals surface area contributed by atoms with Crippen molar-refractivity contribution in [2.45, 2.75) is 6.92 Å². The van der Waals surface area contributed by atoms with Gasteiger partial charge in [-0.25, -0.2) is 4.98 Å². The van der Waals surface area contributed by atoms with Crippen LogP contribution in [0, 0.1) is 27.2 Å². The van der Waals surface area contributed by atoms with E-state index < -0.39 is 26.6 Å². The maximum absolute atomic E-state index is 11.0. The SMILES string of the molecule is Cc1ccc(Oc2ncnc(Cl)c2[N+](=O)[O-])c([N+](=O)[O-])c1. The Morgan fingerprint density at radius 2 is 1.90 bits per heavy atom. The van der Waals surface area contributed by atoms with Gasteiger partial charge < -0.3 is 4.74 Å². The molecule has 0 aliphatic heterocycles. The number of ether oxygens (including phenoxy) is 1. The van der Waals surface area contributed by atoms with Crippen molar-refractivity contribution in [2.24, 2.45) is 0 Å². The molecule has 9 nitrogen and oxygen atoms in total. The first kappa shape index (κ1) is 14.6. The van der Waals surface area contributed by atoms with E-state index in [4.69, 9.17) is 16.3 Å². The van der Waals surface area contributed by atoms with Gasteiger partial charge in [-0.15, -0.1) is 0 Å². The summed E-state index contributed by atoms with van der Waals surface area (Å²) in [6.45, 7) is 1.67. The zero-order chi connectivity index (χ0) is 15.6. The maximum atomic E-state index is 11.0. The molecule has 0 aliphatic carbocycles. The van der Waals surface area contributed by atoms with Crippen LogP contribution in [0.4, 0.5) is 11.4 Å². The lowest BCUT2D eigenvalue weighted by molar-refractivity contribution is -0.387. The Morgan fingerprint density at radius 1 is 1.19 bits per heavy atom. The fourth-order valence-electron chi connectivity index (χ4n) is 1.53. The minimum atomic E-state index is -0.822. The minimum Gasteiger partial charge on any atom is -0.426 e. The van der Waals surface area contributed by atoms with Crippen molar-refractivity contribution in [1.29, 1.82) is 0 Å². The summed E-state index contributed by atoms with van der Waals surface area (Å²) >= 11 is 5.61. The summed E-state index contributed by atoms with van der Waals surface area (Å²) in [7, 11) is 0. The predicted octanol–water partition coefficient (Wildman–Crippen LogP) is 3.05. The first-order valence-electron chi connectivity index (χ1n) is 5.48. The van der Waals surface area contributed by atoms with Crippen LogP contribution in [0.2, 0.25) is 5.15 Å². The van der Waals surface area contributed by atoms with E-state index in [9.17, 15) is 20.2 Å². The van der Waals surface area contributed by atoms with Crippen molar-refractivity contribution in [3.05, 3.63) is 55.5 Å². The molecule has 0 aliphatic rings.